The first-order valence-electron chi connectivity index (χ1n) is 12.0. The zero-order valence-corrected chi connectivity index (χ0v) is 19.6. The lowest BCUT2D eigenvalue weighted by molar-refractivity contribution is -0.131. The van der Waals surface area contributed by atoms with Crippen LogP contribution in [-0.2, 0) is 11.3 Å². The van der Waals surface area contributed by atoms with Crippen LogP contribution in [0.3, 0.4) is 0 Å². The monoisotopic (exact) mass is 469 g/mol. The molecule has 3 aromatic rings. The number of aromatic nitrogens is 4. The predicted molar refractivity (Wildman–Crippen MR) is 132 cm³/mol. The number of carbonyl (C=O) groups is 1. The number of amides is 1. The number of tetrazole rings is 1. The number of hydrogen-bond acceptors (Lipinski definition) is 6. The molecule has 1 spiro atoms. The van der Waals surface area contributed by atoms with Crippen molar-refractivity contribution in [2.45, 2.75) is 63.6 Å². The van der Waals surface area contributed by atoms with Gasteiger partial charge < -0.3 is 0 Å². The van der Waals surface area contributed by atoms with Crippen molar-refractivity contribution in [3.8, 4) is 22.5 Å². The Morgan fingerprint density at radius 2 is 1.89 bits per heavy atom. The highest BCUT2D eigenvalue weighted by molar-refractivity contribution is 6.10. The van der Waals surface area contributed by atoms with Crippen LogP contribution in [0.4, 0.5) is 0 Å². The topological polar surface area (TPSA) is 136 Å². The van der Waals surface area contributed by atoms with Crippen LogP contribution in [0.25, 0.3) is 33.0 Å². The quantitative estimate of drug-likeness (QED) is 0.280. The molecule has 10 nitrogen and oxygen atoms in total. The Labute approximate surface area is 203 Å². The molecule has 1 aromatic heterocycles. The van der Waals surface area contributed by atoms with E-state index >= 15 is 0 Å². The molecular weight excluding hydrogens is 442 g/mol. The van der Waals surface area contributed by atoms with Crippen LogP contribution >= 0.6 is 0 Å². The smallest absolute Gasteiger partial charge is 0.256 e. The molecule has 1 amide bonds. The summed E-state index contributed by atoms with van der Waals surface area (Å²) in [4.78, 5) is 23.3. The molecule has 35 heavy (non-hydrogen) atoms. The van der Waals surface area contributed by atoms with Crippen LogP contribution in [0.1, 0.15) is 51.0 Å². The fraction of sp³-hybridized carbons (Fsp3) is 0.400. The molecule has 2 heterocycles. The normalized spacial score (nSPS) is 17.5. The van der Waals surface area contributed by atoms with E-state index < -0.39 is 11.6 Å². The van der Waals surface area contributed by atoms with Crippen LogP contribution in [0.5, 0.6) is 0 Å². The van der Waals surface area contributed by atoms with Crippen molar-refractivity contribution in [2.75, 3.05) is 0 Å². The third-order valence-corrected chi connectivity index (χ3v) is 6.85. The summed E-state index contributed by atoms with van der Waals surface area (Å²) in [6.07, 6.45) is 5.00. The van der Waals surface area contributed by atoms with Crippen LogP contribution in [-0.4, -0.2) is 48.8 Å². The molecule has 1 aliphatic heterocycles. The number of hydrogen-bond donors (Lipinski definition) is 1. The van der Waals surface area contributed by atoms with E-state index in [4.69, 9.17) is 10.5 Å². The van der Waals surface area contributed by atoms with Crippen LogP contribution in [0.15, 0.2) is 58.6 Å². The summed E-state index contributed by atoms with van der Waals surface area (Å²) >= 11 is 0. The fourth-order valence-electron chi connectivity index (χ4n) is 5.13. The Morgan fingerprint density at radius 3 is 2.54 bits per heavy atom. The number of nitrogens with one attached hydrogen (secondary N) is 1. The van der Waals surface area contributed by atoms with E-state index in [-0.39, 0.29) is 5.91 Å². The largest absolute Gasteiger partial charge is 0.294 e. The minimum absolute atomic E-state index is 0.0331. The van der Waals surface area contributed by atoms with Gasteiger partial charge in [-0.15, -0.1) is 10.2 Å². The number of carbonyl (C=O) groups excluding carboxylic acids is 1. The van der Waals surface area contributed by atoms with Gasteiger partial charge in [-0.2, -0.15) is 5.21 Å². The Morgan fingerprint density at radius 1 is 1.14 bits per heavy atom. The molecule has 0 radical (unpaired) electrons. The van der Waals surface area contributed by atoms with Gasteiger partial charge in [0.25, 0.3) is 5.91 Å². The van der Waals surface area contributed by atoms with Gasteiger partial charge in [-0.3, -0.25) is 14.7 Å². The molecule has 1 N–H and O–H groups in total. The molecule has 1 fully saturated rings. The highest BCUT2D eigenvalue weighted by Crippen LogP contribution is 2.40. The van der Waals surface area contributed by atoms with E-state index in [1.54, 1.807) is 4.90 Å². The summed E-state index contributed by atoms with van der Waals surface area (Å²) in [5.74, 6) is 1.18. The summed E-state index contributed by atoms with van der Waals surface area (Å²) in [5, 5.41) is 18.4. The van der Waals surface area contributed by atoms with Crippen molar-refractivity contribution < 1.29 is 4.79 Å². The third-order valence-electron chi connectivity index (χ3n) is 6.85. The second kappa shape index (κ2) is 9.68. The van der Waals surface area contributed by atoms with E-state index in [1.165, 1.54) is 0 Å². The summed E-state index contributed by atoms with van der Waals surface area (Å²) in [5.41, 5.74) is 12.3. The molecule has 5 rings (SSSR count). The predicted octanol–water partition coefficient (Wildman–Crippen LogP) is 5.07. The Balaban J connectivity index is 1.43. The lowest BCUT2D eigenvalue weighted by Crippen LogP contribution is -2.43. The lowest BCUT2D eigenvalue weighted by atomic mass is 9.97. The number of azide groups is 1. The van der Waals surface area contributed by atoms with Crippen LogP contribution in [0.2, 0.25) is 0 Å². The van der Waals surface area contributed by atoms with Crippen molar-refractivity contribution in [3.05, 3.63) is 64.5 Å². The molecule has 0 saturated heterocycles. The number of aromatic amines is 1. The third kappa shape index (κ3) is 4.28. The van der Waals surface area contributed by atoms with Gasteiger partial charge in [0, 0.05) is 10.5 Å². The molecule has 1 atom stereocenters. The lowest BCUT2D eigenvalue weighted by Gasteiger charge is -2.24. The molecule has 1 aliphatic carbocycles. The summed E-state index contributed by atoms with van der Waals surface area (Å²) < 4.78 is 0. The van der Waals surface area contributed by atoms with Gasteiger partial charge in [-0.25, -0.2) is 0 Å². The minimum Gasteiger partial charge on any atom is -0.294 e. The Bertz CT molecular complexity index is 1270. The van der Waals surface area contributed by atoms with Gasteiger partial charge in [-0.05, 0) is 46.7 Å². The summed E-state index contributed by atoms with van der Waals surface area (Å²) in [6, 6.07) is 15.6. The number of H-pyrrole nitrogens is 1. The molecule has 1 saturated carbocycles. The molecule has 2 aliphatic rings. The SMILES string of the molecule is CCCC(N=[N+]=[N-])C1=NC2(CCCC2)C(=O)N1Cc1ccc(-c2ccccc2-c2nn[nH]n2)cc1. The van der Waals surface area contributed by atoms with Crippen LogP contribution in [0, 0.1) is 0 Å². The van der Waals surface area contributed by atoms with Crippen LogP contribution < -0.4 is 0 Å². The van der Waals surface area contributed by atoms with Gasteiger partial charge in [0.1, 0.15) is 11.4 Å². The van der Waals surface area contributed by atoms with Crippen molar-refractivity contribution in [3.63, 3.8) is 0 Å². The van der Waals surface area contributed by atoms with Gasteiger partial charge >= 0.3 is 0 Å². The molecular formula is C25H27N9O. The summed E-state index contributed by atoms with van der Waals surface area (Å²) in [7, 11) is 0. The molecule has 10 heteroatoms. The van der Waals surface area contributed by atoms with Gasteiger partial charge in [0.05, 0.1) is 12.6 Å². The first-order valence-corrected chi connectivity index (χ1v) is 12.0. The second-order valence-electron chi connectivity index (χ2n) is 9.09. The highest BCUT2D eigenvalue weighted by Gasteiger charge is 2.50. The van der Waals surface area contributed by atoms with E-state index in [0.29, 0.717) is 24.6 Å². The number of amidine groups is 1. The first kappa shape index (κ1) is 22.7. The van der Waals surface area contributed by atoms with E-state index in [0.717, 1.165) is 54.4 Å². The molecule has 0 bridgehead atoms. The van der Waals surface area contributed by atoms with E-state index in [1.807, 2.05) is 55.5 Å². The van der Waals surface area contributed by atoms with Crippen molar-refractivity contribution >= 4 is 11.7 Å². The van der Waals surface area contributed by atoms with Crippen molar-refractivity contribution in [1.82, 2.24) is 25.5 Å². The average Bonchev–Trinajstić information content (AvgIpc) is 3.64. The number of nitrogens with zero attached hydrogens (tertiary/aromatic N) is 8. The Kier molecular flexibility index (Phi) is 6.29. The van der Waals surface area contributed by atoms with Crippen molar-refractivity contribution in [1.29, 1.82) is 0 Å². The molecule has 2 aromatic carbocycles. The minimum atomic E-state index is -0.685. The standard InChI is InChI=1S/C25H27N9O/c1-2-7-21(28-31-26)23-27-25(14-5-6-15-25)24(35)34(23)16-17-10-12-18(13-11-17)19-8-3-4-9-20(19)22-29-32-33-30-22/h3-4,8-13,21H,2,5-7,14-16H2,1H3,(H,29,30,32,33). The summed E-state index contributed by atoms with van der Waals surface area (Å²) in [6.45, 7) is 2.44. The maximum atomic E-state index is 13.6. The van der Waals surface area contributed by atoms with Crippen molar-refractivity contribution in [2.24, 2.45) is 10.1 Å². The maximum absolute atomic E-state index is 13.6. The zero-order valence-electron chi connectivity index (χ0n) is 19.6. The van der Waals surface area contributed by atoms with E-state index in [2.05, 4.69) is 30.7 Å². The average molecular weight is 470 g/mol. The van der Waals surface area contributed by atoms with Gasteiger partial charge in [0.2, 0.25) is 5.82 Å². The maximum Gasteiger partial charge on any atom is 0.256 e. The number of benzene rings is 2. The zero-order chi connectivity index (χ0) is 24.3. The second-order valence-corrected chi connectivity index (χ2v) is 9.09. The molecule has 1 unspecified atom stereocenters. The Hall–Kier alpha value is -4.04. The number of rotatable bonds is 8. The van der Waals surface area contributed by atoms with Gasteiger partial charge in [-0.1, -0.05) is 79.8 Å². The van der Waals surface area contributed by atoms with E-state index in [9.17, 15) is 4.79 Å². The van der Waals surface area contributed by atoms with Gasteiger partial charge in [0.15, 0.2) is 0 Å². The highest BCUT2D eigenvalue weighted by atomic mass is 16.2. The molecule has 178 valence electrons. The fourth-order valence-corrected chi connectivity index (χ4v) is 5.13. The first-order chi connectivity index (χ1) is 17.1. The number of aliphatic imine (C=N–C) groups is 1.